The summed E-state index contributed by atoms with van der Waals surface area (Å²) in [7, 11) is 1.58. The number of hydrogen-bond donors (Lipinski definition) is 1. The van der Waals surface area contributed by atoms with E-state index in [-0.39, 0.29) is 11.8 Å². The number of aromatic nitrogens is 1. The standard InChI is InChI=1S/C26H25N3O4/c1-4-14-32-23-11-7-19(16-24(23)31-3)8-12-25(30)29-22-10-9-21(15-18(22)2)33-26-20(17-27)6-5-13-28-26/h5-13,15-16H,4,14H2,1-3H3,(H,29,30). The summed E-state index contributed by atoms with van der Waals surface area (Å²) >= 11 is 0. The minimum Gasteiger partial charge on any atom is -0.493 e. The molecule has 1 aromatic heterocycles. The van der Waals surface area contributed by atoms with Crippen molar-refractivity contribution in [2.24, 2.45) is 0 Å². The van der Waals surface area contributed by atoms with Crippen LogP contribution in [0.15, 0.2) is 60.8 Å². The molecule has 7 heteroatoms. The number of rotatable bonds is 9. The first-order valence-electron chi connectivity index (χ1n) is 10.5. The van der Waals surface area contributed by atoms with Gasteiger partial charge >= 0.3 is 0 Å². The third-order valence-corrected chi connectivity index (χ3v) is 4.64. The molecule has 1 N–H and O–H groups in total. The van der Waals surface area contributed by atoms with E-state index in [1.165, 1.54) is 6.08 Å². The van der Waals surface area contributed by atoms with Crippen LogP contribution in [0, 0.1) is 18.3 Å². The molecule has 0 aliphatic rings. The molecule has 3 aromatic rings. The summed E-state index contributed by atoms with van der Waals surface area (Å²) in [5.41, 5.74) is 2.62. The fourth-order valence-corrected chi connectivity index (χ4v) is 2.97. The number of aryl methyl sites for hydroxylation is 1. The fraction of sp³-hybridized carbons (Fsp3) is 0.192. The average molecular weight is 444 g/mol. The first-order chi connectivity index (χ1) is 16.0. The fourth-order valence-electron chi connectivity index (χ4n) is 2.97. The number of methoxy groups -OCH3 is 1. The molecule has 7 nitrogen and oxygen atoms in total. The highest BCUT2D eigenvalue weighted by Gasteiger charge is 2.09. The van der Waals surface area contributed by atoms with Crippen LogP contribution in [-0.4, -0.2) is 24.6 Å². The molecule has 0 fully saturated rings. The molecule has 0 saturated heterocycles. The average Bonchev–Trinajstić information content (AvgIpc) is 2.83. The quantitative estimate of drug-likeness (QED) is 0.439. The van der Waals surface area contributed by atoms with Gasteiger partial charge in [-0.05, 0) is 73.0 Å². The molecule has 0 unspecified atom stereocenters. The summed E-state index contributed by atoms with van der Waals surface area (Å²) in [4.78, 5) is 16.5. The molecular weight excluding hydrogens is 418 g/mol. The summed E-state index contributed by atoms with van der Waals surface area (Å²) in [6.07, 6.45) is 5.63. The van der Waals surface area contributed by atoms with Crippen molar-refractivity contribution in [2.45, 2.75) is 20.3 Å². The first kappa shape index (κ1) is 23.4. The summed E-state index contributed by atoms with van der Waals surface area (Å²) in [5.74, 6) is 1.78. The number of hydrogen-bond acceptors (Lipinski definition) is 6. The van der Waals surface area contributed by atoms with E-state index in [1.54, 1.807) is 49.7 Å². The maximum absolute atomic E-state index is 12.4. The topological polar surface area (TPSA) is 93.5 Å². The molecule has 33 heavy (non-hydrogen) atoms. The number of nitrogens with zero attached hydrogens (tertiary/aromatic N) is 2. The second kappa shape index (κ2) is 11.3. The van der Waals surface area contributed by atoms with Crippen molar-refractivity contribution in [2.75, 3.05) is 19.0 Å². The number of anilines is 1. The number of nitriles is 1. The van der Waals surface area contributed by atoms with Crippen LogP contribution in [0.4, 0.5) is 5.69 Å². The zero-order valence-corrected chi connectivity index (χ0v) is 18.8. The molecule has 1 amide bonds. The summed E-state index contributed by atoms with van der Waals surface area (Å²) in [5, 5.41) is 12.0. The van der Waals surface area contributed by atoms with Crippen molar-refractivity contribution in [1.82, 2.24) is 4.98 Å². The minimum absolute atomic E-state index is 0.237. The van der Waals surface area contributed by atoms with Crippen LogP contribution in [-0.2, 0) is 4.79 Å². The van der Waals surface area contributed by atoms with Crippen LogP contribution in [0.1, 0.15) is 30.0 Å². The smallest absolute Gasteiger partial charge is 0.248 e. The number of ether oxygens (including phenoxy) is 3. The third kappa shape index (κ3) is 6.34. The van der Waals surface area contributed by atoms with Gasteiger partial charge in [0, 0.05) is 18.0 Å². The van der Waals surface area contributed by atoms with E-state index in [0.717, 1.165) is 17.5 Å². The van der Waals surface area contributed by atoms with Crippen molar-refractivity contribution >= 4 is 17.7 Å². The van der Waals surface area contributed by atoms with Crippen LogP contribution in [0.5, 0.6) is 23.1 Å². The van der Waals surface area contributed by atoms with Crippen LogP contribution in [0.2, 0.25) is 0 Å². The molecule has 2 aromatic carbocycles. The second-order valence-electron chi connectivity index (χ2n) is 7.13. The Morgan fingerprint density at radius 2 is 2.03 bits per heavy atom. The van der Waals surface area contributed by atoms with Gasteiger partial charge in [0.05, 0.1) is 13.7 Å². The van der Waals surface area contributed by atoms with Crippen molar-refractivity contribution in [3.8, 4) is 29.2 Å². The van der Waals surface area contributed by atoms with Crippen molar-refractivity contribution in [1.29, 1.82) is 5.26 Å². The van der Waals surface area contributed by atoms with E-state index < -0.39 is 0 Å². The predicted molar refractivity (Wildman–Crippen MR) is 127 cm³/mol. The van der Waals surface area contributed by atoms with E-state index >= 15 is 0 Å². The van der Waals surface area contributed by atoms with Gasteiger partial charge in [-0.15, -0.1) is 0 Å². The number of carbonyl (C=O) groups excluding carboxylic acids is 1. The Balaban J connectivity index is 1.65. The van der Waals surface area contributed by atoms with E-state index in [2.05, 4.69) is 10.3 Å². The molecule has 0 aliphatic heterocycles. The maximum atomic E-state index is 12.4. The second-order valence-corrected chi connectivity index (χ2v) is 7.13. The lowest BCUT2D eigenvalue weighted by Crippen LogP contribution is -2.09. The van der Waals surface area contributed by atoms with Gasteiger partial charge in [0.25, 0.3) is 0 Å². The Hall–Kier alpha value is -4.31. The SMILES string of the molecule is CCCOc1ccc(C=CC(=O)Nc2ccc(Oc3ncccc3C#N)cc2C)cc1OC. The number of carbonyl (C=O) groups is 1. The molecule has 1 heterocycles. The highest BCUT2D eigenvalue weighted by Crippen LogP contribution is 2.29. The molecule has 0 bridgehead atoms. The Morgan fingerprint density at radius 1 is 1.18 bits per heavy atom. The Kier molecular flexibility index (Phi) is 8.03. The first-order valence-corrected chi connectivity index (χ1v) is 10.5. The zero-order chi connectivity index (χ0) is 23.6. The molecule has 0 spiro atoms. The van der Waals surface area contributed by atoms with Gasteiger partial charge in [-0.1, -0.05) is 13.0 Å². The monoisotopic (exact) mass is 443 g/mol. The van der Waals surface area contributed by atoms with Crippen molar-refractivity contribution in [3.63, 3.8) is 0 Å². The molecule has 0 aliphatic carbocycles. The normalized spacial score (nSPS) is 10.5. The Labute approximate surface area is 193 Å². The molecule has 3 rings (SSSR count). The largest absolute Gasteiger partial charge is 0.493 e. The van der Waals surface area contributed by atoms with Gasteiger partial charge < -0.3 is 19.5 Å². The molecule has 168 valence electrons. The van der Waals surface area contributed by atoms with E-state index in [4.69, 9.17) is 19.5 Å². The molecule has 0 atom stereocenters. The van der Waals surface area contributed by atoms with Crippen LogP contribution in [0.3, 0.4) is 0 Å². The Bertz CT molecular complexity index is 1200. The van der Waals surface area contributed by atoms with Gasteiger partial charge in [0.2, 0.25) is 11.8 Å². The highest BCUT2D eigenvalue weighted by atomic mass is 16.5. The predicted octanol–water partition coefficient (Wildman–Crippen LogP) is 5.50. The summed E-state index contributed by atoms with van der Waals surface area (Å²) < 4.78 is 16.7. The zero-order valence-electron chi connectivity index (χ0n) is 18.8. The van der Waals surface area contributed by atoms with Gasteiger partial charge in [-0.3, -0.25) is 4.79 Å². The maximum Gasteiger partial charge on any atom is 0.248 e. The third-order valence-electron chi connectivity index (χ3n) is 4.64. The van der Waals surface area contributed by atoms with Crippen molar-refractivity contribution in [3.05, 3.63) is 77.5 Å². The van der Waals surface area contributed by atoms with E-state index in [1.807, 2.05) is 38.1 Å². The lowest BCUT2D eigenvalue weighted by Gasteiger charge is -2.11. The van der Waals surface area contributed by atoms with Gasteiger partial charge in [-0.2, -0.15) is 5.26 Å². The van der Waals surface area contributed by atoms with E-state index in [9.17, 15) is 4.79 Å². The van der Waals surface area contributed by atoms with E-state index in [0.29, 0.717) is 35.1 Å². The molecular formula is C26H25N3O4. The summed E-state index contributed by atoms with van der Waals surface area (Å²) in [6.45, 7) is 4.50. The van der Waals surface area contributed by atoms with Crippen LogP contribution in [0.25, 0.3) is 6.08 Å². The minimum atomic E-state index is -0.270. The molecule has 0 saturated carbocycles. The number of nitrogens with one attached hydrogen (secondary N) is 1. The molecule has 0 radical (unpaired) electrons. The lowest BCUT2D eigenvalue weighted by molar-refractivity contribution is -0.111. The summed E-state index contributed by atoms with van der Waals surface area (Å²) in [6, 6.07) is 16.1. The lowest BCUT2D eigenvalue weighted by atomic mass is 10.1. The highest BCUT2D eigenvalue weighted by molar-refractivity contribution is 6.02. The van der Waals surface area contributed by atoms with Gasteiger partial charge in [0.1, 0.15) is 17.4 Å². The van der Waals surface area contributed by atoms with Gasteiger partial charge in [-0.25, -0.2) is 4.98 Å². The number of benzene rings is 2. The van der Waals surface area contributed by atoms with Gasteiger partial charge in [0.15, 0.2) is 11.5 Å². The Morgan fingerprint density at radius 3 is 2.76 bits per heavy atom. The van der Waals surface area contributed by atoms with Crippen molar-refractivity contribution < 1.29 is 19.0 Å². The number of pyridine rings is 1. The van der Waals surface area contributed by atoms with Crippen LogP contribution >= 0.6 is 0 Å². The number of amides is 1. The van der Waals surface area contributed by atoms with Crippen LogP contribution < -0.4 is 19.5 Å².